The topological polar surface area (TPSA) is 87.0 Å². The molecule has 2 N–H and O–H groups in total. The second-order valence-electron chi connectivity index (χ2n) is 8.64. The van der Waals surface area contributed by atoms with Gasteiger partial charge in [0.25, 0.3) is 0 Å². The Hall–Kier alpha value is -2.74. The van der Waals surface area contributed by atoms with E-state index in [1.54, 1.807) is 12.0 Å². The molecule has 4 rings (SSSR count). The lowest BCUT2D eigenvalue weighted by atomic mass is 9.68. The lowest BCUT2D eigenvalue weighted by molar-refractivity contribution is -0.138. The quantitative estimate of drug-likeness (QED) is 0.764. The highest BCUT2D eigenvalue weighted by Crippen LogP contribution is 2.49. The number of rotatable bonds is 5. The number of urea groups is 1. The van der Waals surface area contributed by atoms with Crippen LogP contribution in [0.25, 0.3) is 10.9 Å². The number of ether oxygens (including phenoxy) is 1. The number of fused-ring (bicyclic) bond motifs is 4. The minimum atomic E-state index is -0.403. The number of nitrogens with zero attached hydrogens (tertiary/aromatic N) is 3. The molecule has 1 atom stereocenters. The third-order valence-corrected chi connectivity index (χ3v) is 6.74. The van der Waals surface area contributed by atoms with Crippen LogP contribution in [-0.2, 0) is 17.3 Å². The van der Waals surface area contributed by atoms with Crippen molar-refractivity contribution >= 4 is 22.8 Å². The van der Waals surface area contributed by atoms with E-state index in [0.717, 1.165) is 34.3 Å². The zero-order chi connectivity index (χ0) is 22.3. The monoisotopic (exact) mass is 428 g/mol. The van der Waals surface area contributed by atoms with Crippen molar-refractivity contribution in [1.82, 2.24) is 19.7 Å². The molecule has 1 saturated heterocycles. The summed E-state index contributed by atoms with van der Waals surface area (Å²) in [5, 5.41) is 14.3. The molecule has 2 aliphatic heterocycles. The van der Waals surface area contributed by atoms with Crippen LogP contribution >= 0.6 is 0 Å². The van der Waals surface area contributed by atoms with Gasteiger partial charge in [-0.15, -0.1) is 0 Å². The van der Waals surface area contributed by atoms with Gasteiger partial charge in [-0.2, -0.15) is 0 Å². The second-order valence-corrected chi connectivity index (χ2v) is 8.64. The molecule has 0 bridgehead atoms. The van der Waals surface area contributed by atoms with Gasteiger partial charge in [-0.3, -0.25) is 4.79 Å². The van der Waals surface area contributed by atoms with Gasteiger partial charge >= 0.3 is 6.03 Å². The first-order valence-electron chi connectivity index (χ1n) is 11.0. The van der Waals surface area contributed by atoms with Crippen molar-refractivity contribution in [3.8, 4) is 5.75 Å². The fourth-order valence-corrected chi connectivity index (χ4v) is 5.25. The first-order chi connectivity index (χ1) is 14.9. The molecular formula is C23H32N4O4. The largest absolute Gasteiger partial charge is 0.497 e. The molecule has 31 heavy (non-hydrogen) atoms. The standard InChI is InChI=1S/C23H32N4O4/c1-5-9-24-22(30)26-12-23(13-26)14-27(19(29)6-2)18(11-28)21-20(23)16-8-7-15(31-4)10-17(16)25(21)3/h7-8,10,18,28H,5-6,9,11-14H2,1-4H3,(H,24,30)/t18-/m1/s1. The maximum Gasteiger partial charge on any atom is 0.317 e. The number of carbonyl (C=O) groups excluding carboxylic acids is 2. The smallest absolute Gasteiger partial charge is 0.317 e. The minimum Gasteiger partial charge on any atom is -0.497 e. The maximum absolute atomic E-state index is 12.9. The lowest BCUT2D eigenvalue weighted by Crippen LogP contribution is -2.69. The third kappa shape index (κ3) is 3.24. The summed E-state index contributed by atoms with van der Waals surface area (Å²) in [6.07, 6.45) is 1.26. The van der Waals surface area contributed by atoms with Crippen LogP contribution in [0.15, 0.2) is 18.2 Å². The van der Waals surface area contributed by atoms with Crippen LogP contribution in [0.4, 0.5) is 4.79 Å². The van der Waals surface area contributed by atoms with Crippen molar-refractivity contribution in [3.05, 3.63) is 29.5 Å². The van der Waals surface area contributed by atoms with Crippen molar-refractivity contribution in [3.63, 3.8) is 0 Å². The number of hydrogen-bond acceptors (Lipinski definition) is 4. The van der Waals surface area contributed by atoms with Gasteiger partial charge in [-0.25, -0.2) is 4.79 Å². The molecule has 2 aliphatic rings. The number of aliphatic hydroxyl groups is 1. The number of amides is 3. The predicted octanol–water partition coefficient (Wildman–Crippen LogP) is 2.15. The van der Waals surface area contributed by atoms with Crippen LogP contribution in [0.2, 0.25) is 0 Å². The van der Waals surface area contributed by atoms with Crippen LogP contribution < -0.4 is 10.1 Å². The summed E-state index contributed by atoms with van der Waals surface area (Å²) in [4.78, 5) is 29.0. The number of likely N-dealkylation sites (tertiary alicyclic amines) is 1. The average Bonchev–Trinajstić information content (AvgIpc) is 3.06. The molecule has 2 aromatic rings. The summed E-state index contributed by atoms with van der Waals surface area (Å²) in [5.74, 6) is 0.775. The number of nitrogens with one attached hydrogen (secondary N) is 1. The Morgan fingerprint density at radius 1 is 1.26 bits per heavy atom. The van der Waals surface area contributed by atoms with E-state index in [2.05, 4.69) is 16.0 Å². The zero-order valence-electron chi connectivity index (χ0n) is 18.8. The Labute approximate surface area is 182 Å². The van der Waals surface area contributed by atoms with Gasteiger partial charge in [0.15, 0.2) is 0 Å². The van der Waals surface area contributed by atoms with E-state index < -0.39 is 6.04 Å². The van der Waals surface area contributed by atoms with Crippen molar-refractivity contribution in [2.45, 2.75) is 38.1 Å². The van der Waals surface area contributed by atoms with Gasteiger partial charge in [0.1, 0.15) is 5.75 Å². The van der Waals surface area contributed by atoms with Crippen molar-refractivity contribution in [2.24, 2.45) is 7.05 Å². The maximum atomic E-state index is 12.9. The van der Waals surface area contributed by atoms with Crippen molar-refractivity contribution in [2.75, 3.05) is 39.9 Å². The summed E-state index contributed by atoms with van der Waals surface area (Å²) in [5.41, 5.74) is 2.75. The fourth-order valence-electron chi connectivity index (χ4n) is 5.25. The van der Waals surface area contributed by atoms with Gasteiger partial charge in [0, 0.05) is 56.8 Å². The second kappa shape index (κ2) is 8.07. The number of hydrogen-bond donors (Lipinski definition) is 2. The number of aliphatic hydroxyl groups excluding tert-OH is 1. The summed E-state index contributed by atoms with van der Waals surface area (Å²) >= 11 is 0. The van der Waals surface area contributed by atoms with Gasteiger partial charge in [0.2, 0.25) is 5.91 Å². The van der Waals surface area contributed by atoms with Gasteiger partial charge in [-0.1, -0.05) is 13.8 Å². The molecule has 0 aliphatic carbocycles. The summed E-state index contributed by atoms with van der Waals surface area (Å²) in [6, 6.07) is 5.53. The van der Waals surface area contributed by atoms with Crippen molar-refractivity contribution < 1.29 is 19.4 Å². The molecule has 1 spiro atoms. The van der Waals surface area contributed by atoms with Gasteiger partial charge in [-0.05, 0) is 24.1 Å². The van der Waals surface area contributed by atoms with E-state index in [-0.39, 0.29) is 24.0 Å². The Kier molecular flexibility index (Phi) is 5.60. The van der Waals surface area contributed by atoms with E-state index >= 15 is 0 Å². The van der Waals surface area contributed by atoms with Gasteiger partial charge < -0.3 is 29.5 Å². The Morgan fingerprint density at radius 2 is 2.00 bits per heavy atom. The van der Waals surface area contributed by atoms with Crippen LogP contribution in [0.1, 0.15) is 44.0 Å². The molecule has 8 nitrogen and oxygen atoms in total. The molecular weight excluding hydrogens is 396 g/mol. The highest BCUT2D eigenvalue weighted by atomic mass is 16.5. The minimum absolute atomic E-state index is 0.0146. The summed E-state index contributed by atoms with van der Waals surface area (Å²) in [7, 11) is 3.61. The van der Waals surface area contributed by atoms with Gasteiger partial charge in [0.05, 0.1) is 30.7 Å². The first kappa shape index (κ1) is 21.5. The van der Waals surface area contributed by atoms with E-state index in [4.69, 9.17) is 4.74 Å². The van der Waals surface area contributed by atoms with E-state index in [1.165, 1.54) is 0 Å². The van der Waals surface area contributed by atoms with E-state index in [1.807, 2.05) is 37.9 Å². The highest BCUT2D eigenvalue weighted by Gasteiger charge is 2.55. The van der Waals surface area contributed by atoms with Crippen LogP contribution in [0.3, 0.4) is 0 Å². The zero-order valence-corrected chi connectivity index (χ0v) is 18.8. The number of aromatic nitrogens is 1. The molecule has 1 aromatic heterocycles. The molecule has 3 heterocycles. The fraction of sp³-hybridized carbons (Fsp3) is 0.565. The predicted molar refractivity (Wildman–Crippen MR) is 118 cm³/mol. The molecule has 0 unspecified atom stereocenters. The number of aryl methyl sites for hydroxylation is 1. The molecule has 168 valence electrons. The summed E-state index contributed by atoms with van der Waals surface area (Å²) in [6.45, 7) is 5.97. The SMILES string of the molecule is CCCNC(=O)N1CC2(C1)CN(C(=O)CC)[C@H](CO)c1c2c2ccc(OC)cc2n1C. The van der Waals surface area contributed by atoms with E-state index in [9.17, 15) is 14.7 Å². The highest BCUT2D eigenvalue weighted by molar-refractivity contribution is 5.90. The van der Waals surface area contributed by atoms with Crippen LogP contribution in [0, 0.1) is 0 Å². The number of carbonyl (C=O) groups is 2. The average molecular weight is 429 g/mol. The Morgan fingerprint density at radius 3 is 2.61 bits per heavy atom. The molecule has 1 fully saturated rings. The lowest BCUT2D eigenvalue weighted by Gasteiger charge is -2.56. The first-order valence-corrected chi connectivity index (χ1v) is 11.0. The molecule has 0 radical (unpaired) electrons. The number of methoxy groups -OCH3 is 1. The van der Waals surface area contributed by atoms with Crippen LogP contribution in [0.5, 0.6) is 5.75 Å². The third-order valence-electron chi connectivity index (χ3n) is 6.74. The normalized spacial score (nSPS) is 19.3. The Balaban J connectivity index is 1.83. The molecule has 1 aromatic carbocycles. The molecule has 3 amide bonds. The van der Waals surface area contributed by atoms with Crippen molar-refractivity contribution in [1.29, 1.82) is 0 Å². The molecule has 8 heteroatoms. The Bertz CT molecular complexity index is 1010. The summed E-state index contributed by atoms with van der Waals surface area (Å²) < 4.78 is 7.50. The number of benzene rings is 1. The van der Waals surface area contributed by atoms with Crippen LogP contribution in [-0.4, -0.2) is 71.3 Å². The molecule has 0 saturated carbocycles. The van der Waals surface area contributed by atoms with E-state index in [0.29, 0.717) is 32.6 Å².